The Kier molecular flexibility index (Phi) is 10.3. The second-order valence-electron chi connectivity index (χ2n) is 3.92. The maximum absolute atomic E-state index is 9.67. The second-order valence-corrected chi connectivity index (χ2v) is 3.92. The first kappa shape index (κ1) is 14.9. The van der Waals surface area contributed by atoms with Gasteiger partial charge in [-0.3, -0.25) is 0 Å². The van der Waals surface area contributed by atoms with Gasteiger partial charge in [0.1, 0.15) is 0 Å². The van der Waals surface area contributed by atoms with Gasteiger partial charge < -0.3 is 14.7 Å². The molecule has 0 aromatic heterocycles. The largest absolute Gasteiger partial charge is 0.389 e. The first-order valence-electron chi connectivity index (χ1n) is 6.22. The van der Waals surface area contributed by atoms with Gasteiger partial charge in [0.2, 0.25) is 0 Å². The Morgan fingerprint density at radius 3 is 2.33 bits per heavy atom. The quantitative estimate of drug-likeness (QED) is 0.567. The van der Waals surface area contributed by atoms with Crippen LogP contribution in [-0.2, 0) is 4.74 Å². The Balaban J connectivity index is 3.35. The second kappa shape index (κ2) is 10.4. The van der Waals surface area contributed by atoms with Crippen molar-refractivity contribution in [3.63, 3.8) is 0 Å². The van der Waals surface area contributed by atoms with Crippen LogP contribution in [0.25, 0.3) is 0 Å². The number of hydrogen-bond donors (Lipinski definition) is 1. The van der Waals surface area contributed by atoms with Crippen molar-refractivity contribution in [2.75, 3.05) is 32.8 Å². The molecular weight excluding hydrogens is 190 g/mol. The predicted octanol–water partition coefficient (Wildman–Crippen LogP) is 1.90. The molecule has 0 bridgehead atoms. The van der Waals surface area contributed by atoms with E-state index >= 15 is 0 Å². The number of aliphatic hydroxyl groups is 1. The lowest BCUT2D eigenvalue weighted by Gasteiger charge is -2.21. The van der Waals surface area contributed by atoms with Crippen molar-refractivity contribution in [1.29, 1.82) is 0 Å². The summed E-state index contributed by atoms with van der Waals surface area (Å²) in [5, 5.41) is 9.67. The highest BCUT2D eigenvalue weighted by molar-refractivity contribution is 4.61. The van der Waals surface area contributed by atoms with Gasteiger partial charge in [0.25, 0.3) is 0 Å². The molecule has 3 heteroatoms. The van der Waals surface area contributed by atoms with Crippen LogP contribution in [-0.4, -0.2) is 49.0 Å². The Morgan fingerprint density at radius 1 is 1.13 bits per heavy atom. The van der Waals surface area contributed by atoms with E-state index in [4.69, 9.17) is 4.74 Å². The third-order valence-corrected chi connectivity index (χ3v) is 2.57. The molecule has 0 aliphatic rings. The van der Waals surface area contributed by atoms with Gasteiger partial charge in [0.05, 0.1) is 12.7 Å². The van der Waals surface area contributed by atoms with Crippen LogP contribution >= 0.6 is 0 Å². The fourth-order valence-corrected chi connectivity index (χ4v) is 1.51. The molecule has 0 aromatic carbocycles. The van der Waals surface area contributed by atoms with Crippen LogP contribution in [0.3, 0.4) is 0 Å². The molecule has 3 nitrogen and oxygen atoms in total. The van der Waals surface area contributed by atoms with Crippen LogP contribution in [0.2, 0.25) is 0 Å². The van der Waals surface area contributed by atoms with Crippen LogP contribution in [0.4, 0.5) is 0 Å². The van der Waals surface area contributed by atoms with Gasteiger partial charge in [-0.15, -0.1) is 0 Å². The average molecular weight is 217 g/mol. The van der Waals surface area contributed by atoms with Gasteiger partial charge in [-0.25, -0.2) is 0 Å². The Labute approximate surface area is 94.4 Å². The van der Waals surface area contributed by atoms with E-state index in [0.717, 1.165) is 32.7 Å². The van der Waals surface area contributed by atoms with E-state index in [-0.39, 0.29) is 6.10 Å². The Bertz CT molecular complexity index is 127. The maximum Gasteiger partial charge on any atom is 0.0900 e. The van der Waals surface area contributed by atoms with E-state index in [9.17, 15) is 5.11 Å². The first-order chi connectivity index (χ1) is 7.24. The summed E-state index contributed by atoms with van der Waals surface area (Å²) >= 11 is 0. The number of aliphatic hydroxyl groups excluding tert-OH is 1. The SMILES string of the molecule is CCCCCOC[C@@H](O)CN(CC)CC. The first-order valence-corrected chi connectivity index (χ1v) is 6.22. The van der Waals surface area contributed by atoms with Gasteiger partial charge in [0, 0.05) is 13.2 Å². The molecule has 92 valence electrons. The van der Waals surface area contributed by atoms with Crippen LogP contribution < -0.4 is 0 Å². The van der Waals surface area contributed by atoms with Gasteiger partial charge in [-0.05, 0) is 19.5 Å². The minimum Gasteiger partial charge on any atom is -0.389 e. The molecule has 0 rings (SSSR count). The molecule has 0 amide bonds. The summed E-state index contributed by atoms with van der Waals surface area (Å²) in [6, 6.07) is 0. The molecule has 0 spiro atoms. The fraction of sp³-hybridized carbons (Fsp3) is 1.00. The van der Waals surface area contributed by atoms with Crippen molar-refractivity contribution < 1.29 is 9.84 Å². The number of ether oxygens (including phenoxy) is 1. The number of rotatable bonds is 10. The third-order valence-electron chi connectivity index (χ3n) is 2.57. The summed E-state index contributed by atoms with van der Waals surface area (Å²) in [6.45, 7) is 10.4. The molecule has 0 heterocycles. The summed E-state index contributed by atoms with van der Waals surface area (Å²) in [6.07, 6.45) is 3.19. The molecule has 15 heavy (non-hydrogen) atoms. The molecule has 0 fully saturated rings. The lowest BCUT2D eigenvalue weighted by molar-refractivity contribution is 0.0172. The summed E-state index contributed by atoms with van der Waals surface area (Å²) in [5.41, 5.74) is 0. The van der Waals surface area contributed by atoms with Crippen LogP contribution in [0.15, 0.2) is 0 Å². The molecule has 1 N–H and O–H groups in total. The maximum atomic E-state index is 9.67. The minimum absolute atomic E-state index is 0.341. The smallest absolute Gasteiger partial charge is 0.0900 e. The highest BCUT2D eigenvalue weighted by Gasteiger charge is 2.08. The highest BCUT2D eigenvalue weighted by Crippen LogP contribution is 1.97. The summed E-state index contributed by atoms with van der Waals surface area (Å²) in [7, 11) is 0. The minimum atomic E-state index is -0.341. The van der Waals surface area contributed by atoms with Crippen LogP contribution in [0.1, 0.15) is 40.0 Å². The van der Waals surface area contributed by atoms with E-state index in [1.54, 1.807) is 0 Å². The molecule has 0 radical (unpaired) electrons. The summed E-state index contributed by atoms with van der Waals surface area (Å²) < 4.78 is 5.41. The van der Waals surface area contributed by atoms with Gasteiger partial charge in [-0.2, -0.15) is 0 Å². The summed E-state index contributed by atoms with van der Waals surface area (Å²) in [4.78, 5) is 2.21. The zero-order chi connectivity index (χ0) is 11.5. The molecular formula is C12H27NO2. The van der Waals surface area contributed by atoms with E-state index in [1.807, 2.05) is 0 Å². The molecule has 0 saturated carbocycles. The van der Waals surface area contributed by atoms with E-state index < -0.39 is 0 Å². The molecule has 0 saturated heterocycles. The number of likely N-dealkylation sites (N-methyl/N-ethyl adjacent to an activating group) is 1. The molecule has 0 aliphatic heterocycles. The molecule has 0 unspecified atom stereocenters. The number of hydrogen-bond acceptors (Lipinski definition) is 3. The topological polar surface area (TPSA) is 32.7 Å². The molecule has 0 aliphatic carbocycles. The van der Waals surface area contributed by atoms with Gasteiger partial charge >= 0.3 is 0 Å². The van der Waals surface area contributed by atoms with E-state index in [0.29, 0.717) is 6.61 Å². The van der Waals surface area contributed by atoms with Crippen molar-refractivity contribution in [1.82, 2.24) is 4.90 Å². The van der Waals surface area contributed by atoms with E-state index in [2.05, 4.69) is 25.7 Å². The normalized spacial score (nSPS) is 13.4. The van der Waals surface area contributed by atoms with Crippen LogP contribution in [0, 0.1) is 0 Å². The zero-order valence-electron chi connectivity index (χ0n) is 10.5. The third kappa shape index (κ3) is 8.85. The van der Waals surface area contributed by atoms with Crippen molar-refractivity contribution >= 4 is 0 Å². The molecule has 0 aromatic rings. The zero-order valence-corrected chi connectivity index (χ0v) is 10.5. The lowest BCUT2D eigenvalue weighted by atomic mass is 10.3. The lowest BCUT2D eigenvalue weighted by Crippen LogP contribution is -2.34. The number of unbranched alkanes of at least 4 members (excludes halogenated alkanes) is 2. The Hall–Kier alpha value is -0.120. The predicted molar refractivity (Wildman–Crippen MR) is 64.1 cm³/mol. The summed E-state index contributed by atoms with van der Waals surface area (Å²) in [5.74, 6) is 0. The number of nitrogens with zero attached hydrogens (tertiary/aromatic N) is 1. The average Bonchev–Trinajstić information content (AvgIpc) is 2.25. The van der Waals surface area contributed by atoms with Crippen LogP contribution in [0.5, 0.6) is 0 Å². The molecule has 1 atom stereocenters. The van der Waals surface area contributed by atoms with Gasteiger partial charge in [0.15, 0.2) is 0 Å². The van der Waals surface area contributed by atoms with Crippen molar-refractivity contribution in [2.24, 2.45) is 0 Å². The van der Waals surface area contributed by atoms with Crippen molar-refractivity contribution in [3.05, 3.63) is 0 Å². The monoisotopic (exact) mass is 217 g/mol. The standard InChI is InChI=1S/C12H27NO2/c1-4-7-8-9-15-11-12(14)10-13(5-2)6-3/h12,14H,4-11H2,1-3H3/t12-/m0/s1. The fourth-order valence-electron chi connectivity index (χ4n) is 1.51. The highest BCUT2D eigenvalue weighted by atomic mass is 16.5. The van der Waals surface area contributed by atoms with Gasteiger partial charge in [-0.1, -0.05) is 33.6 Å². The van der Waals surface area contributed by atoms with Crippen molar-refractivity contribution in [3.8, 4) is 0 Å². The van der Waals surface area contributed by atoms with E-state index in [1.165, 1.54) is 12.8 Å². The Morgan fingerprint density at radius 2 is 1.80 bits per heavy atom. The van der Waals surface area contributed by atoms with Crippen molar-refractivity contribution in [2.45, 2.75) is 46.1 Å².